The fraction of sp³-hybridized carbons (Fsp3) is 0.357. The molecule has 0 unspecified atom stereocenters. The molecule has 2 N–H and O–H groups in total. The first kappa shape index (κ1) is 13.2. The average molecular weight is 264 g/mol. The quantitative estimate of drug-likeness (QED) is 0.881. The second-order valence-corrected chi connectivity index (χ2v) is 5.59. The number of hydrogen-bond donors (Lipinski definition) is 2. The van der Waals surface area contributed by atoms with E-state index in [9.17, 15) is 9.90 Å². The van der Waals surface area contributed by atoms with Crippen molar-refractivity contribution in [3.8, 4) is 0 Å². The van der Waals surface area contributed by atoms with Gasteiger partial charge in [0.1, 0.15) is 0 Å². The number of rotatable bonds is 3. The van der Waals surface area contributed by atoms with Crippen LogP contribution in [0.5, 0.6) is 0 Å². The van der Waals surface area contributed by atoms with E-state index in [-0.39, 0.29) is 6.10 Å². The van der Waals surface area contributed by atoms with Gasteiger partial charge in [-0.25, -0.2) is 0 Å². The van der Waals surface area contributed by atoms with Crippen molar-refractivity contribution in [2.24, 2.45) is 0 Å². The Morgan fingerprint density at radius 3 is 2.61 bits per heavy atom. The van der Waals surface area contributed by atoms with Crippen LogP contribution in [-0.4, -0.2) is 28.0 Å². The summed E-state index contributed by atoms with van der Waals surface area (Å²) in [7, 11) is 0. The number of carbonyl (C=O) groups is 1. The van der Waals surface area contributed by atoms with E-state index in [2.05, 4.69) is 0 Å². The minimum Gasteiger partial charge on any atom is -0.481 e. The fourth-order valence-electron chi connectivity index (χ4n) is 1.85. The van der Waals surface area contributed by atoms with Crippen molar-refractivity contribution >= 4 is 23.8 Å². The van der Waals surface area contributed by atoms with Crippen LogP contribution >= 0.6 is 11.8 Å². The number of carboxylic acid groups (broad SMARTS) is 1. The molecule has 0 radical (unpaired) electrons. The summed E-state index contributed by atoms with van der Waals surface area (Å²) in [6.45, 7) is 1.67. The highest BCUT2D eigenvalue weighted by molar-refractivity contribution is 8.03. The number of hydrogen-bond acceptors (Lipinski definition) is 3. The summed E-state index contributed by atoms with van der Waals surface area (Å²) in [5.41, 5.74) is 1.80. The first-order valence-corrected chi connectivity index (χ1v) is 6.91. The zero-order chi connectivity index (χ0) is 13.1. The summed E-state index contributed by atoms with van der Waals surface area (Å²) in [5.74, 6) is -0.345. The molecular formula is C14H16O3S. The Labute approximate surface area is 111 Å². The van der Waals surface area contributed by atoms with E-state index in [1.807, 2.05) is 30.3 Å². The van der Waals surface area contributed by atoms with Gasteiger partial charge in [-0.3, -0.25) is 4.79 Å². The molecule has 0 spiro atoms. The van der Waals surface area contributed by atoms with E-state index >= 15 is 0 Å². The summed E-state index contributed by atoms with van der Waals surface area (Å²) in [5, 5.41) is 18.6. The standard InChI is InChI=1S/C14H16O3S/c1-9(14(16)17)11-4-2-10(3-5-11)8-13-12(15)6-7-18-13/h2-5,8-9,12,15H,6-7H2,1H3,(H,16,17)/b13-8-/t9-,12-/m1/s1. The third-order valence-electron chi connectivity index (χ3n) is 3.10. The highest BCUT2D eigenvalue weighted by Gasteiger charge is 2.18. The number of aliphatic hydroxyl groups is 1. The van der Waals surface area contributed by atoms with Crippen LogP contribution in [0.1, 0.15) is 30.4 Å². The SMILES string of the molecule is C[C@@H](C(=O)O)c1ccc(/C=C2\SCC[C@H]2O)cc1. The van der Waals surface area contributed by atoms with Gasteiger partial charge >= 0.3 is 5.97 Å². The van der Waals surface area contributed by atoms with Crippen LogP contribution in [0.15, 0.2) is 29.2 Å². The molecule has 18 heavy (non-hydrogen) atoms. The van der Waals surface area contributed by atoms with Gasteiger partial charge in [-0.05, 0) is 30.5 Å². The summed E-state index contributed by atoms with van der Waals surface area (Å²) in [6, 6.07) is 7.45. The molecule has 2 atom stereocenters. The van der Waals surface area contributed by atoms with E-state index in [1.54, 1.807) is 18.7 Å². The molecule has 1 heterocycles. The van der Waals surface area contributed by atoms with E-state index < -0.39 is 11.9 Å². The number of thioether (sulfide) groups is 1. The van der Waals surface area contributed by atoms with E-state index in [0.717, 1.165) is 28.2 Å². The Morgan fingerprint density at radius 2 is 2.11 bits per heavy atom. The average Bonchev–Trinajstić information content (AvgIpc) is 2.75. The summed E-state index contributed by atoms with van der Waals surface area (Å²) in [4.78, 5) is 11.9. The molecule has 1 aromatic carbocycles. The Bertz CT molecular complexity index is 464. The number of benzene rings is 1. The largest absolute Gasteiger partial charge is 0.481 e. The molecule has 1 fully saturated rings. The van der Waals surface area contributed by atoms with Crippen molar-refractivity contribution in [1.29, 1.82) is 0 Å². The molecular weight excluding hydrogens is 248 g/mol. The lowest BCUT2D eigenvalue weighted by atomic mass is 10.00. The third-order valence-corrected chi connectivity index (χ3v) is 4.27. The van der Waals surface area contributed by atoms with Crippen molar-refractivity contribution in [3.63, 3.8) is 0 Å². The topological polar surface area (TPSA) is 57.5 Å². The lowest BCUT2D eigenvalue weighted by Gasteiger charge is -2.07. The predicted molar refractivity (Wildman–Crippen MR) is 73.6 cm³/mol. The van der Waals surface area contributed by atoms with Gasteiger partial charge in [-0.15, -0.1) is 11.8 Å². The summed E-state index contributed by atoms with van der Waals surface area (Å²) in [6.07, 6.45) is 2.44. The highest BCUT2D eigenvalue weighted by atomic mass is 32.2. The molecule has 0 aromatic heterocycles. The normalized spacial score (nSPS) is 23.2. The first-order valence-electron chi connectivity index (χ1n) is 5.93. The molecule has 4 heteroatoms. The monoisotopic (exact) mass is 264 g/mol. The van der Waals surface area contributed by atoms with Gasteiger partial charge in [0, 0.05) is 10.7 Å². The van der Waals surface area contributed by atoms with Crippen LogP contribution in [0.2, 0.25) is 0 Å². The smallest absolute Gasteiger partial charge is 0.310 e. The van der Waals surface area contributed by atoms with Gasteiger partial charge in [0.25, 0.3) is 0 Å². The van der Waals surface area contributed by atoms with Crippen LogP contribution in [0.25, 0.3) is 6.08 Å². The molecule has 0 aliphatic carbocycles. The molecule has 2 rings (SSSR count). The van der Waals surface area contributed by atoms with Gasteiger partial charge in [0.2, 0.25) is 0 Å². The van der Waals surface area contributed by atoms with Crippen molar-refractivity contribution in [3.05, 3.63) is 40.3 Å². The first-order chi connectivity index (χ1) is 8.58. The van der Waals surface area contributed by atoms with Gasteiger partial charge in [-0.1, -0.05) is 24.3 Å². The van der Waals surface area contributed by atoms with Gasteiger partial charge in [0.15, 0.2) is 0 Å². The van der Waals surface area contributed by atoms with Crippen LogP contribution in [0.4, 0.5) is 0 Å². The zero-order valence-corrected chi connectivity index (χ0v) is 11.0. The molecule has 1 saturated heterocycles. The van der Waals surface area contributed by atoms with Crippen molar-refractivity contribution in [2.75, 3.05) is 5.75 Å². The van der Waals surface area contributed by atoms with Crippen molar-refractivity contribution < 1.29 is 15.0 Å². The molecule has 0 saturated carbocycles. The van der Waals surface area contributed by atoms with Crippen LogP contribution < -0.4 is 0 Å². The van der Waals surface area contributed by atoms with E-state index in [1.165, 1.54) is 0 Å². The second kappa shape index (κ2) is 5.59. The molecule has 96 valence electrons. The third kappa shape index (κ3) is 2.94. The number of aliphatic hydroxyl groups excluding tert-OH is 1. The Morgan fingerprint density at radius 1 is 1.44 bits per heavy atom. The highest BCUT2D eigenvalue weighted by Crippen LogP contribution is 2.32. The Kier molecular flexibility index (Phi) is 4.09. The molecule has 1 aliphatic heterocycles. The van der Waals surface area contributed by atoms with E-state index in [0.29, 0.717) is 0 Å². The number of aliphatic carboxylic acids is 1. The Balaban J connectivity index is 2.15. The molecule has 1 aromatic rings. The molecule has 3 nitrogen and oxygen atoms in total. The predicted octanol–water partition coefficient (Wildman–Crippen LogP) is 2.71. The maximum absolute atomic E-state index is 10.9. The minimum absolute atomic E-state index is 0.340. The maximum atomic E-state index is 10.9. The van der Waals surface area contributed by atoms with Crippen LogP contribution in [0.3, 0.4) is 0 Å². The maximum Gasteiger partial charge on any atom is 0.310 e. The number of carboxylic acids is 1. The lowest BCUT2D eigenvalue weighted by molar-refractivity contribution is -0.138. The minimum atomic E-state index is -0.817. The van der Waals surface area contributed by atoms with Gasteiger partial charge < -0.3 is 10.2 Å². The van der Waals surface area contributed by atoms with E-state index in [4.69, 9.17) is 5.11 Å². The van der Waals surface area contributed by atoms with Crippen molar-refractivity contribution in [1.82, 2.24) is 0 Å². The van der Waals surface area contributed by atoms with Crippen molar-refractivity contribution in [2.45, 2.75) is 25.4 Å². The molecule has 0 bridgehead atoms. The molecule has 1 aliphatic rings. The Hall–Kier alpha value is -1.26. The summed E-state index contributed by atoms with van der Waals surface area (Å²) < 4.78 is 0. The van der Waals surface area contributed by atoms with Crippen LogP contribution in [-0.2, 0) is 4.79 Å². The fourth-order valence-corrected chi connectivity index (χ4v) is 2.96. The molecule has 0 amide bonds. The van der Waals surface area contributed by atoms with Crippen LogP contribution in [0, 0.1) is 0 Å². The van der Waals surface area contributed by atoms with Gasteiger partial charge in [0.05, 0.1) is 12.0 Å². The van der Waals surface area contributed by atoms with Gasteiger partial charge in [-0.2, -0.15) is 0 Å². The lowest BCUT2D eigenvalue weighted by Crippen LogP contribution is -2.07. The zero-order valence-electron chi connectivity index (χ0n) is 10.2. The summed E-state index contributed by atoms with van der Waals surface area (Å²) >= 11 is 1.68. The second-order valence-electron chi connectivity index (χ2n) is 4.43.